The zero-order valence-electron chi connectivity index (χ0n) is 55.5. The van der Waals surface area contributed by atoms with Gasteiger partial charge in [0, 0.05) is 91.7 Å². The van der Waals surface area contributed by atoms with Gasteiger partial charge >= 0.3 is 6.09 Å². The highest BCUT2D eigenvalue weighted by Gasteiger charge is 2.37. The number of aromatic amines is 1. The Labute approximate surface area is 558 Å². The molecule has 4 heterocycles. The second-order valence-electron chi connectivity index (χ2n) is 24.0. The molecular weight excluding hydrogens is 1250 g/mol. The number of H-pyrrole nitrogens is 1. The fourth-order valence-electron chi connectivity index (χ4n) is 10.7. The van der Waals surface area contributed by atoms with Gasteiger partial charge in [-0.3, -0.25) is 43.4 Å². The van der Waals surface area contributed by atoms with E-state index in [4.69, 9.17) is 59.2 Å². The molecule has 2 aliphatic rings. The Bertz CT molecular complexity index is 3450. The minimum Gasteiger partial charge on any atom is -0.493 e. The molecule has 3 aromatic carbocycles. The first kappa shape index (κ1) is 73.8. The fourth-order valence-corrected chi connectivity index (χ4v) is 11.0. The van der Waals surface area contributed by atoms with E-state index in [1.807, 2.05) is 18.2 Å². The van der Waals surface area contributed by atoms with Gasteiger partial charge in [0.2, 0.25) is 29.4 Å². The molecule has 2 aromatic heterocycles. The number of alkyl carbamates (subject to hydrolysis) is 1. The Morgan fingerprint density at radius 3 is 2.05 bits per heavy atom. The number of rotatable bonds is 40. The third-order valence-corrected chi connectivity index (χ3v) is 15.9. The number of alkyl halides is 1. The van der Waals surface area contributed by atoms with Crippen LogP contribution in [0.15, 0.2) is 72.9 Å². The molecule has 95 heavy (non-hydrogen) atoms. The molecule has 1 unspecified atom stereocenters. The Kier molecular flexibility index (Phi) is 28.7. The van der Waals surface area contributed by atoms with Crippen LogP contribution in [0.3, 0.4) is 0 Å². The van der Waals surface area contributed by atoms with E-state index in [1.165, 1.54) is 38.4 Å². The topological polar surface area (TPSA) is 315 Å². The quantitative estimate of drug-likeness (QED) is 0.0125. The fraction of sp³-hybridized carbons (Fsp3) is 0.515. The Morgan fingerprint density at radius 2 is 1.40 bits per heavy atom. The van der Waals surface area contributed by atoms with Gasteiger partial charge < -0.3 is 79.1 Å². The zero-order chi connectivity index (χ0) is 68.4. The number of methoxy groups -OCH3 is 3. The first-order chi connectivity index (χ1) is 45.7. The number of amides is 8. The van der Waals surface area contributed by atoms with Crippen LogP contribution >= 0.6 is 11.6 Å². The minimum atomic E-state index is -1.03. The lowest BCUT2D eigenvalue weighted by molar-refractivity contribution is -0.137. The van der Waals surface area contributed by atoms with Gasteiger partial charge in [0.05, 0.1) is 85.4 Å². The van der Waals surface area contributed by atoms with E-state index in [-0.39, 0.29) is 87.2 Å². The van der Waals surface area contributed by atoms with Crippen molar-refractivity contribution >= 4 is 92.2 Å². The number of hydrogen-bond donors (Lipinski definition) is 6. The van der Waals surface area contributed by atoms with E-state index in [0.717, 1.165) is 22.9 Å². The van der Waals surface area contributed by atoms with E-state index in [2.05, 4.69) is 31.6 Å². The van der Waals surface area contributed by atoms with Gasteiger partial charge in [-0.25, -0.2) is 4.79 Å². The van der Waals surface area contributed by atoms with Crippen molar-refractivity contribution in [3.8, 4) is 23.0 Å². The van der Waals surface area contributed by atoms with Crippen molar-refractivity contribution in [2.24, 2.45) is 5.92 Å². The lowest BCUT2D eigenvalue weighted by atomic mass is 9.97. The van der Waals surface area contributed by atoms with Crippen LogP contribution in [-0.2, 0) is 59.1 Å². The van der Waals surface area contributed by atoms with Crippen LogP contribution in [-0.4, -0.2) is 186 Å². The molecule has 3 atom stereocenters. The zero-order valence-corrected chi connectivity index (χ0v) is 56.2. The number of imide groups is 1. The maximum atomic E-state index is 14.5. The Balaban J connectivity index is 0.855. The summed E-state index contributed by atoms with van der Waals surface area (Å²) in [4.78, 5) is 114. The summed E-state index contributed by atoms with van der Waals surface area (Å²) in [6.07, 6.45) is 7.07. The van der Waals surface area contributed by atoms with Gasteiger partial charge in [-0.1, -0.05) is 38.5 Å². The van der Waals surface area contributed by atoms with Gasteiger partial charge in [-0.2, -0.15) is 0 Å². The molecule has 0 spiro atoms. The van der Waals surface area contributed by atoms with Crippen LogP contribution in [0.5, 0.6) is 23.0 Å². The van der Waals surface area contributed by atoms with Gasteiger partial charge in [-0.15, -0.1) is 11.6 Å². The number of ether oxygens (including phenoxy) is 9. The maximum Gasteiger partial charge on any atom is 0.407 e. The number of carbonyl (C=O) groups excluding carboxylic acids is 8. The molecule has 0 fully saturated rings. The van der Waals surface area contributed by atoms with Crippen molar-refractivity contribution in [2.45, 2.75) is 116 Å². The first-order valence-electron chi connectivity index (χ1n) is 32.0. The van der Waals surface area contributed by atoms with E-state index >= 15 is 0 Å². The molecule has 2 aliphatic heterocycles. The number of aromatic nitrogens is 2. The molecule has 0 radical (unpaired) electrons. The number of anilines is 2. The molecule has 27 heteroatoms. The summed E-state index contributed by atoms with van der Waals surface area (Å²) in [5, 5.41) is 15.6. The summed E-state index contributed by atoms with van der Waals surface area (Å²) < 4.78 is 50.9. The van der Waals surface area contributed by atoms with Crippen molar-refractivity contribution in [2.75, 3.05) is 116 Å². The van der Waals surface area contributed by atoms with Crippen molar-refractivity contribution in [3.05, 3.63) is 89.8 Å². The van der Waals surface area contributed by atoms with E-state index in [0.29, 0.717) is 141 Å². The third kappa shape index (κ3) is 21.7. The molecule has 6 N–H and O–H groups in total. The molecule has 0 saturated carbocycles. The summed E-state index contributed by atoms with van der Waals surface area (Å²) in [6, 6.07) is 14.1. The molecular formula is C68H90ClN9O17. The van der Waals surface area contributed by atoms with E-state index in [9.17, 15) is 38.4 Å². The second kappa shape index (κ2) is 36.9. The van der Waals surface area contributed by atoms with Crippen molar-refractivity contribution in [1.29, 1.82) is 0 Å². The SMILES string of the molecule is COc1cc2cc(C(=O)N3CC(CCl)c4c3cc(OCc3ccc(NC(=O)[C@H](CCCCNC(=O)OC(C)(C)C)NC(=O)[C@@H](NC(=O)CCOCCOCCOCCOCCNC(=O)CCCCCN5C(=O)C=CC5=O)C(C)C)cc3)c3ncccc43)[nH]c2c(OC)c1OC. The standard InChI is InChI=1S/C68H90ClN9O17/c1-43(2)59(76-55(80)24-29-90-31-33-92-35-36-93-34-32-91-30-27-70-54(79)17-10-9-13-28-77-56(81)22-23-57(77)82)65(84)75-49(16-11-12-25-72-67(86)95-68(3,4)5)64(83)73-47-20-18-44(19-21-47)42-94-52-39-51-58(48-15-14-26-71-61(48)52)46(40-69)41-78(51)66(85)50-37-45-38-53(87-6)62(88-7)63(89-8)60(45)74-50/h14-15,18-23,26,37-39,43,46,49,59,74H,9-13,16-17,24-25,27-36,40-42H2,1-8H3,(H,70,79)(H,72,86)(H,73,83)(H,75,84)(H,76,80)/t46?,49-,59-/m0/s1. The average molecular weight is 1340 g/mol. The van der Waals surface area contributed by atoms with Gasteiger partial charge in [0.1, 0.15) is 41.3 Å². The summed E-state index contributed by atoms with van der Waals surface area (Å²) in [6.45, 7) is 12.5. The minimum absolute atomic E-state index is 0.0313. The van der Waals surface area contributed by atoms with E-state index < -0.39 is 41.5 Å². The van der Waals surface area contributed by atoms with Gasteiger partial charge in [0.25, 0.3) is 17.7 Å². The Morgan fingerprint density at radius 1 is 0.716 bits per heavy atom. The molecule has 7 rings (SSSR count). The molecule has 0 aliphatic carbocycles. The Hall–Kier alpha value is -8.56. The molecule has 26 nitrogen and oxygen atoms in total. The molecule has 0 bridgehead atoms. The van der Waals surface area contributed by atoms with Crippen molar-refractivity contribution in [1.82, 2.24) is 36.1 Å². The number of hydrogen-bond acceptors (Lipinski definition) is 18. The summed E-state index contributed by atoms with van der Waals surface area (Å²) >= 11 is 6.62. The smallest absolute Gasteiger partial charge is 0.407 e. The van der Waals surface area contributed by atoms with Crippen LogP contribution in [0.1, 0.15) is 114 Å². The molecule has 516 valence electrons. The maximum absolute atomic E-state index is 14.5. The van der Waals surface area contributed by atoms with Crippen LogP contribution in [0.2, 0.25) is 0 Å². The first-order valence-corrected chi connectivity index (χ1v) is 32.6. The number of fused-ring (bicyclic) bond motifs is 4. The number of halogens is 1. The normalized spacial score (nSPS) is 14.2. The lowest BCUT2D eigenvalue weighted by Gasteiger charge is -2.25. The van der Waals surface area contributed by atoms with Crippen molar-refractivity contribution < 1.29 is 81.0 Å². The predicted octanol–water partition coefficient (Wildman–Crippen LogP) is 7.62. The van der Waals surface area contributed by atoms with Crippen LogP contribution in [0.4, 0.5) is 16.2 Å². The van der Waals surface area contributed by atoms with Crippen molar-refractivity contribution in [3.63, 3.8) is 0 Å². The number of nitrogens with zero attached hydrogens (tertiary/aromatic N) is 3. The van der Waals surface area contributed by atoms with E-state index in [1.54, 1.807) is 82.1 Å². The third-order valence-electron chi connectivity index (χ3n) is 15.5. The number of carbonyl (C=O) groups is 8. The summed E-state index contributed by atoms with van der Waals surface area (Å²) in [5.41, 5.74) is 3.52. The number of unbranched alkanes of at least 4 members (excludes halogenated alkanes) is 3. The molecule has 0 saturated heterocycles. The summed E-state index contributed by atoms with van der Waals surface area (Å²) in [7, 11) is 4.56. The predicted molar refractivity (Wildman–Crippen MR) is 356 cm³/mol. The highest BCUT2D eigenvalue weighted by atomic mass is 35.5. The highest BCUT2D eigenvalue weighted by Crippen LogP contribution is 2.47. The second-order valence-corrected chi connectivity index (χ2v) is 24.3. The highest BCUT2D eigenvalue weighted by molar-refractivity contribution is 6.19. The monoisotopic (exact) mass is 1340 g/mol. The lowest BCUT2D eigenvalue weighted by Crippen LogP contribution is -2.54. The number of pyridine rings is 1. The largest absolute Gasteiger partial charge is 0.493 e. The molecule has 8 amide bonds. The van der Waals surface area contributed by atoms with Gasteiger partial charge in [0.15, 0.2) is 11.5 Å². The summed E-state index contributed by atoms with van der Waals surface area (Å²) in [5.74, 6) is -1.08. The van der Waals surface area contributed by atoms with Gasteiger partial charge in [-0.05, 0) is 100 Å². The molecule has 5 aromatic rings. The number of benzene rings is 3. The van der Waals surface area contributed by atoms with Crippen LogP contribution < -0.4 is 50.4 Å². The number of nitrogens with one attached hydrogen (secondary N) is 6. The van der Waals surface area contributed by atoms with Crippen LogP contribution in [0, 0.1) is 5.92 Å². The van der Waals surface area contributed by atoms with Crippen LogP contribution in [0.25, 0.3) is 21.8 Å². The average Bonchev–Trinajstić information content (AvgIpc) is 1.62.